The quantitative estimate of drug-likeness (QED) is 0.215. The Balaban J connectivity index is 2.09. The smallest absolute Gasteiger partial charge is 0.312 e. The fraction of sp³-hybridized carbons (Fsp3) is 0.679. The van der Waals surface area contributed by atoms with Crippen LogP contribution in [0.5, 0.6) is 0 Å². The van der Waals surface area contributed by atoms with Gasteiger partial charge in [-0.1, -0.05) is 19.6 Å². The molecule has 1 N–H and O–H groups in total. The highest BCUT2D eigenvalue weighted by Gasteiger charge is 2.78. The van der Waals surface area contributed by atoms with Crippen molar-refractivity contribution in [3.8, 4) is 0 Å². The molecule has 2 unspecified atom stereocenters. The minimum atomic E-state index is -2.28. The van der Waals surface area contributed by atoms with Crippen LogP contribution >= 0.6 is 11.6 Å². The zero-order valence-electron chi connectivity index (χ0n) is 23.7. The lowest BCUT2D eigenvalue weighted by molar-refractivity contribution is -0.254. The van der Waals surface area contributed by atoms with E-state index in [-0.39, 0.29) is 18.6 Å². The minimum Gasteiger partial charge on any atom is -0.462 e. The van der Waals surface area contributed by atoms with Crippen molar-refractivity contribution in [2.24, 2.45) is 17.3 Å². The first kappa shape index (κ1) is 31.0. The number of hydrogen-bond acceptors (Lipinski definition) is 12. The summed E-state index contributed by atoms with van der Waals surface area (Å²) in [5.74, 6) is -6.15. The van der Waals surface area contributed by atoms with Gasteiger partial charge in [-0.05, 0) is 18.6 Å². The third kappa shape index (κ3) is 5.03. The average Bonchev–Trinajstić information content (AvgIpc) is 3.61. The number of hydrogen-bond donors (Lipinski definition) is 1. The lowest BCUT2D eigenvalue weighted by Gasteiger charge is -2.57. The average molecular weight is 599 g/mol. The molecule has 2 aliphatic heterocycles. The Morgan fingerprint density at radius 1 is 1.00 bits per heavy atom. The number of ether oxygens (including phenoxy) is 6. The molecule has 0 aromatic heterocycles. The highest BCUT2D eigenvalue weighted by atomic mass is 35.5. The number of carbonyl (C=O) groups is 5. The molecule has 2 aliphatic carbocycles. The van der Waals surface area contributed by atoms with Gasteiger partial charge in [0.05, 0.1) is 23.3 Å². The summed E-state index contributed by atoms with van der Waals surface area (Å²) in [5, 5.41) is 11.3. The van der Waals surface area contributed by atoms with Gasteiger partial charge in [0.2, 0.25) is 0 Å². The summed E-state index contributed by atoms with van der Waals surface area (Å²) in [7, 11) is 0. The first-order valence-electron chi connectivity index (χ1n) is 13.3. The summed E-state index contributed by atoms with van der Waals surface area (Å²) < 4.78 is 34.7. The van der Waals surface area contributed by atoms with Crippen molar-refractivity contribution in [2.75, 3.05) is 6.61 Å². The van der Waals surface area contributed by atoms with Crippen molar-refractivity contribution in [2.45, 2.75) is 95.1 Å². The van der Waals surface area contributed by atoms with E-state index in [0.29, 0.717) is 0 Å². The second-order valence-electron chi connectivity index (χ2n) is 11.4. The maximum absolute atomic E-state index is 13.0. The van der Waals surface area contributed by atoms with Crippen LogP contribution < -0.4 is 0 Å². The molecule has 226 valence electrons. The fourth-order valence-corrected chi connectivity index (χ4v) is 7.13. The van der Waals surface area contributed by atoms with E-state index in [4.69, 9.17) is 40.0 Å². The summed E-state index contributed by atoms with van der Waals surface area (Å²) in [6.07, 6.45) is -3.54. The predicted molar refractivity (Wildman–Crippen MR) is 139 cm³/mol. The Morgan fingerprint density at radius 3 is 2.05 bits per heavy atom. The van der Waals surface area contributed by atoms with Crippen molar-refractivity contribution in [1.29, 1.82) is 0 Å². The van der Waals surface area contributed by atoms with E-state index >= 15 is 0 Å². The number of rotatable bonds is 4. The van der Waals surface area contributed by atoms with Crippen molar-refractivity contribution < 1.29 is 57.5 Å². The van der Waals surface area contributed by atoms with Crippen LogP contribution in [0.1, 0.15) is 48.0 Å². The highest BCUT2D eigenvalue weighted by molar-refractivity contribution is 6.23. The molecule has 0 aromatic carbocycles. The van der Waals surface area contributed by atoms with Crippen LogP contribution in [-0.2, 0) is 52.4 Å². The number of epoxide rings is 1. The third-order valence-electron chi connectivity index (χ3n) is 8.77. The largest absolute Gasteiger partial charge is 0.462 e. The van der Waals surface area contributed by atoms with Gasteiger partial charge in [0.1, 0.15) is 30.0 Å². The van der Waals surface area contributed by atoms with Gasteiger partial charge < -0.3 is 33.5 Å². The fourth-order valence-electron chi connectivity index (χ4n) is 6.81. The Morgan fingerprint density at radius 2 is 1.54 bits per heavy atom. The SMILES string of the molecule is C=C1/C=C/[C@H](OC(C)=O)[C@@]2(C)[C@@H](OC(C)=O)C[C@@H](OC(C)=O)[C@]3(CO3)[C@@H]2C(OC(C)=O)[C@]2(O)[C@@H](C)C(=O)O[C@H]2C1Cl. The van der Waals surface area contributed by atoms with Crippen molar-refractivity contribution in [1.82, 2.24) is 0 Å². The standard InChI is InChI=1S/C28H35ClO12/c1-12-8-9-18(37-14(3)30)26(7)19(38-15(4)31)10-20(39-16(5)32)27(11-36-27)22(26)24(40-17(6)33)28(35)13(2)25(34)41-23(28)21(12)29/h8-9,13,18-24,35H,1,10-11H2,2-7H3/b9-8+/t13-,18-,19-,20+,21?,22+,23-,24?,26-,27+,28-/m0/s1. The van der Waals surface area contributed by atoms with Gasteiger partial charge in [0.15, 0.2) is 11.7 Å². The molecule has 41 heavy (non-hydrogen) atoms. The molecule has 13 heteroatoms. The van der Waals surface area contributed by atoms with Gasteiger partial charge in [-0.15, -0.1) is 11.6 Å². The summed E-state index contributed by atoms with van der Waals surface area (Å²) in [5.41, 5.74) is -5.00. The first-order chi connectivity index (χ1) is 19.0. The van der Waals surface area contributed by atoms with Crippen LogP contribution in [0.4, 0.5) is 0 Å². The van der Waals surface area contributed by atoms with E-state index in [1.54, 1.807) is 6.92 Å². The third-order valence-corrected chi connectivity index (χ3v) is 9.28. The van der Waals surface area contributed by atoms with Gasteiger partial charge in [0, 0.05) is 40.0 Å². The molecule has 4 aliphatic rings. The molecule has 4 rings (SSSR count). The normalized spacial score (nSPS) is 44.0. The van der Waals surface area contributed by atoms with Crippen LogP contribution in [0.3, 0.4) is 0 Å². The topological polar surface area (TPSA) is 164 Å². The number of aliphatic hydroxyl groups is 1. The lowest BCUT2D eigenvalue weighted by atomic mass is 9.52. The number of fused-ring (bicyclic) bond motifs is 3. The van der Waals surface area contributed by atoms with E-state index in [2.05, 4.69) is 6.58 Å². The molecule has 0 aromatic rings. The number of alkyl halides is 1. The summed E-state index contributed by atoms with van der Waals surface area (Å²) in [4.78, 5) is 62.8. The van der Waals surface area contributed by atoms with Crippen LogP contribution in [0.25, 0.3) is 0 Å². The van der Waals surface area contributed by atoms with Gasteiger partial charge in [-0.25, -0.2) is 0 Å². The molecule has 11 atom stereocenters. The highest BCUT2D eigenvalue weighted by Crippen LogP contribution is 2.63. The maximum atomic E-state index is 13.0. The molecule has 0 radical (unpaired) electrons. The van der Waals surface area contributed by atoms with Gasteiger partial charge in [-0.3, -0.25) is 24.0 Å². The summed E-state index contributed by atoms with van der Waals surface area (Å²) in [6, 6.07) is 0. The Labute approximate surface area is 242 Å². The van der Waals surface area contributed by atoms with Crippen LogP contribution in [0.15, 0.2) is 24.3 Å². The number of carbonyl (C=O) groups excluding carboxylic acids is 5. The predicted octanol–water partition coefficient (Wildman–Crippen LogP) is 1.53. The number of allylic oxidation sites excluding steroid dienone is 1. The van der Waals surface area contributed by atoms with Crippen molar-refractivity contribution in [3.05, 3.63) is 24.3 Å². The molecule has 1 saturated carbocycles. The second-order valence-corrected chi connectivity index (χ2v) is 11.9. The van der Waals surface area contributed by atoms with Gasteiger partial charge in [0.25, 0.3) is 0 Å². The zero-order valence-corrected chi connectivity index (χ0v) is 24.5. The van der Waals surface area contributed by atoms with E-state index < -0.39 is 94.2 Å². The minimum absolute atomic E-state index is 0.0206. The molecule has 2 saturated heterocycles. The maximum Gasteiger partial charge on any atom is 0.312 e. The summed E-state index contributed by atoms with van der Waals surface area (Å²) in [6.45, 7) is 11.7. The molecule has 1 spiro atoms. The molecule has 2 heterocycles. The number of esters is 5. The van der Waals surface area contributed by atoms with E-state index in [9.17, 15) is 29.1 Å². The molecular formula is C28H35ClO12. The molecule has 0 amide bonds. The van der Waals surface area contributed by atoms with Crippen LogP contribution in [-0.4, -0.2) is 88.7 Å². The lowest BCUT2D eigenvalue weighted by Crippen LogP contribution is -2.72. The summed E-state index contributed by atoms with van der Waals surface area (Å²) >= 11 is 6.73. The van der Waals surface area contributed by atoms with Gasteiger partial charge >= 0.3 is 29.8 Å². The second kappa shape index (κ2) is 10.7. The molecule has 12 nitrogen and oxygen atoms in total. The van der Waals surface area contributed by atoms with Gasteiger partial charge in [-0.2, -0.15) is 0 Å². The number of halogens is 1. The van der Waals surface area contributed by atoms with Crippen molar-refractivity contribution >= 4 is 41.4 Å². The Bertz CT molecular complexity index is 1190. The van der Waals surface area contributed by atoms with E-state index in [1.165, 1.54) is 39.8 Å². The monoisotopic (exact) mass is 598 g/mol. The molecular weight excluding hydrogens is 564 g/mol. The Hall–Kier alpha value is -2.96. The van der Waals surface area contributed by atoms with E-state index in [1.807, 2.05) is 0 Å². The van der Waals surface area contributed by atoms with Crippen LogP contribution in [0, 0.1) is 17.3 Å². The zero-order chi connectivity index (χ0) is 30.7. The first-order valence-corrected chi connectivity index (χ1v) is 13.7. The van der Waals surface area contributed by atoms with E-state index in [0.717, 1.165) is 6.92 Å². The molecule has 0 bridgehead atoms. The van der Waals surface area contributed by atoms with Crippen molar-refractivity contribution in [3.63, 3.8) is 0 Å². The Kier molecular flexibility index (Phi) is 8.09. The molecule has 3 fully saturated rings. The van der Waals surface area contributed by atoms with Crippen LogP contribution in [0.2, 0.25) is 0 Å².